The molecule has 0 unspecified atom stereocenters. The van der Waals surface area contributed by atoms with Crippen LogP contribution < -0.4 is 5.73 Å². The number of aromatic nitrogens is 3. The van der Waals surface area contributed by atoms with Crippen LogP contribution in [0.25, 0.3) is 22.2 Å². The Balaban J connectivity index is 2.28. The van der Waals surface area contributed by atoms with Crippen LogP contribution in [0, 0.1) is 5.92 Å². The third kappa shape index (κ3) is 2.71. The molecule has 0 atom stereocenters. The fourth-order valence-electron chi connectivity index (χ4n) is 2.67. The van der Waals surface area contributed by atoms with Crippen LogP contribution in [0.15, 0.2) is 36.9 Å². The summed E-state index contributed by atoms with van der Waals surface area (Å²) in [7, 11) is 0. The molecule has 2 N–H and O–H groups in total. The minimum Gasteiger partial charge on any atom is -0.458 e. The molecule has 6 nitrogen and oxygen atoms in total. The number of esters is 1. The summed E-state index contributed by atoms with van der Waals surface area (Å²) in [5, 5.41) is 0. The summed E-state index contributed by atoms with van der Waals surface area (Å²) in [6, 6.07) is 7.53. The zero-order chi connectivity index (χ0) is 17.3. The number of rotatable bonds is 5. The molecule has 24 heavy (non-hydrogen) atoms. The van der Waals surface area contributed by atoms with Gasteiger partial charge in [0.25, 0.3) is 0 Å². The molecule has 1 aromatic carbocycles. The number of anilines is 1. The van der Waals surface area contributed by atoms with E-state index in [9.17, 15) is 4.79 Å². The number of nitrogen functional groups attached to an aromatic ring is 1. The molecule has 0 saturated heterocycles. The van der Waals surface area contributed by atoms with Crippen LogP contribution in [-0.4, -0.2) is 27.1 Å². The lowest BCUT2D eigenvalue weighted by molar-refractivity contribution is 0.0553. The molecule has 0 saturated carbocycles. The van der Waals surface area contributed by atoms with Crippen LogP contribution in [0.2, 0.25) is 0 Å². The largest absolute Gasteiger partial charge is 0.458 e. The maximum Gasteiger partial charge on any atom is 0.344 e. The minimum atomic E-state index is -0.510. The molecule has 0 fully saturated rings. The van der Waals surface area contributed by atoms with Crippen LogP contribution in [0.5, 0.6) is 0 Å². The fourth-order valence-corrected chi connectivity index (χ4v) is 2.67. The summed E-state index contributed by atoms with van der Waals surface area (Å²) in [4.78, 5) is 21.7. The van der Waals surface area contributed by atoms with Crippen molar-refractivity contribution in [1.82, 2.24) is 14.5 Å². The number of ether oxygens (including phenoxy) is 1. The van der Waals surface area contributed by atoms with Crippen molar-refractivity contribution in [2.45, 2.75) is 20.4 Å². The molecule has 0 bridgehead atoms. The van der Waals surface area contributed by atoms with Crippen molar-refractivity contribution in [2.75, 3.05) is 12.3 Å². The summed E-state index contributed by atoms with van der Waals surface area (Å²) in [6.45, 7) is 8.48. The molecular weight excluding hydrogens is 304 g/mol. The SMILES string of the molecule is C=CCOC(=O)c1c(N)n(CC(C)C)c2nc3ccccc3nc12. The zero-order valence-corrected chi connectivity index (χ0v) is 13.8. The highest BCUT2D eigenvalue weighted by atomic mass is 16.5. The van der Waals surface area contributed by atoms with Gasteiger partial charge in [0, 0.05) is 6.54 Å². The highest BCUT2D eigenvalue weighted by molar-refractivity contribution is 6.08. The van der Waals surface area contributed by atoms with Gasteiger partial charge in [-0.1, -0.05) is 38.6 Å². The van der Waals surface area contributed by atoms with Crippen molar-refractivity contribution in [1.29, 1.82) is 0 Å². The van der Waals surface area contributed by atoms with Crippen LogP contribution in [-0.2, 0) is 11.3 Å². The predicted octanol–water partition coefficient (Wildman–Crippen LogP) is 3.17. The van der Waals surface area contributed by atoms with Crippen LogP contribution in [0.1, 0.15) is 24.2 Å². The topological polar surface area (TPSA) is 83.0 Å². The van der Waals surface area contributed by atoms with E-state index in [-0.39, 0.29) is 12.2 Å². The average Bonchev–Trinajstić information content (AvgIpc) is 2.82. The normalized spacial score (nSPS) is 11.3. The van der Waals surface area contributed by atoms with E-state index in [0.29, 0.717) is 35.0 Å². The molecule has 0 aliphatic heterocycles. The number of nitrogens with zero attached hydrogens (tertiary/aromatic N) is 3. The van der Waals surface area contributed by atoms with Crippen molar-refractivity contribution in [2.24, 2.45) is 5.92 Å². The molecule has 2 aromatic heterocycles. The molecule has 0 aliphatic carbocycles. The Morgan fingerprint density at radius 1 is 1.33 bits per heavy atom. The van der Waals surface area contributed by atoms with Gasteiger partial charge in [0.1, 0.15) is 23.5 Å². The lowest BCUT2D eigenvalue weighted by atomic mass is 10.2. The number of hydrogen-bond acceptors (Lipinski definition) is 5. The van der Waals surface area contributed by atoms with E-state index in [2.05, 4.69) is 30.4 Å². The Morgan fingerprint density at radius 2 is 2.00 bits per heavy atom. The number of carbonyl (C=O) groups is 1. The first-order chi connectivity index (χ1) is 11.5. The molecule has 6 heteroatoms. The summed E-state index contributed by atoms with van der Waals surface area (Å²) < 4.78 is 7.02. The molecule has 0 aliphatic rings. The molecule has 0 amide bonds. The van der Waals surface area contributed by atoms with Gasteiger partial charge in [0.2, 0.25) is 0 Å². The monoisotopic (exact) mass is 324 g/mol. The molecule has 2 heterocycles. The van der Waals surface area contributed by atoms with Crippen LogP contribution in [0.4, 0.5) is 5.82 Å². The summed E-state index contributed by atoms with van der Waals surface area (Å²) in [6.07, 6.45) is 1.52. The highest BCUT2D eigenvalue weighted by Gasteiger charge is 2.25. The van der Waals surface area contributed by atoms with E-state index >= 15 is 0 Å². The lowest BCUT2D eigenvalue weighted by Crippen LogP contribution is -2.11. The molecule has 3 rings (SSSR count). The maximum absolute atomic E-state index is 12.4. The Kier molecular flexibility index (Phi) is 4.20. The smallest absolute Gasteiger partial charge is 0.344 e. The zero-order valence-electron chi connectivity index (χ0n) is 13.8. The quantitative estimate of drug-likeness (QED) is 0.576. The molecule has 3 aromatic rings. The van der Waals surface area contributed by atoms with E-state index in [0.717, 1.165) is 5.52 Å². The van der Waals surface area contributed by atoms with Crippen molar-refractivity contribution >= 4 is 34.0 Å². The van der Waals surface area contributed by atoms with Crippen molar-refractivity contribution < 1.29 is 9.53 Å². The molecule has 0 spiro atoms. The lowest BCUT2D eigenvalue weighted by Gasteiger charge is -2.10. The van der Waals surface area contributed by atoms with Gasteiger partial charge in [0.05, 0.1) is 11.0 Å². The van der Waals surface area contributed by atoms with Gasteiger partial charge < -0.3 is 15.0 Å². The van der Waals surface area contributed by atoms with Gasteiger partial charge in [-0.15, -0.1) is 0 Å². The Labute approximate surface area is 139 Å². The highest BCUT2D eigenvalue weighted by Crippen LogP contribution is 2.29. The van der Waals surface area contributed by atoms with E-state index in [1.54, 1.807) is 0 Å². The van der Waals surface area contributed by atoms with Gasteiger partial charge in [-0.05, 0) is 18.1 Å². The van der Waals surface area contributed by atoms with E-state index in [4.69, 9.17) is 10.5 Å². The summed E-state index contributed by atoms with van der Waals surface area (Å²) >= 11 is 0. The first kappa shape index (κ1) is 16.0. The third-order valence-electron chi connectivity index (χ3n) is 3.68. The first-order valence-corrected chi connectivity index (χ1v) is 7.85. The summed E-state index contributed by atoms with van der Waals surface area (Å²) in [5.74, 6) is 0.167. The first-order valence-electron chi connectivity index (χ1n) is 7.85. The van der Waals surface area contributed by atoms with Crippen molar-refractivity contribution in [3.63, 3.8) is 0 Å². The second-order valence-corrected chi connectivity index (χ2v) is 6.04. The van der Waals surface area contributed by atoms with Crippen molar-refractivity contribution in [3.8, 4) is 0 Å². The van der Waals surface area contributed by atoms with Crippen molar-refractivity contribution in [3.05, 3.63) is 42.5 Å². The van der Waals surface area contributed by atoms with E-state index in [1.807, 2.05) is 28.8 Å². The van der Waals surface area contributed by atoms with Crippen LogP contribution >= 0.6 is 0 Å². The van der Waals surface area contributed by atoms with E-state index < -0.39 is 5.97 Å². The predicted molar refractivity (Wildman–Crippen MR) is 94.8 cm³/mol. The minimum absolute atomic E-state index is 0.121. The van der Waals surface area contributed by atoms with Gasteiger partial charge >= 0.3 is 5.97 Å². The maximum atomic E-state index is 12.4. The van der Waals surface area contributed by atoms with Crippen LogP contribution in [0.3, 0.4) is 0 Å². The third-order valence-corrected chi connectivity index (χ3v) is 3.68. The second-order valence-electron chi connectivity index (χ2n) is 6.04. The average molecular weight is 324 g/mol. The number of para-hydroxylation sites is 2. The number of carbonyl (C=O) groups excluding carboxylic acids is 1. The standard InChI is InChI=1S/C18H20N4O2/c1-4-9-24-18(23)14-15-17(22(16(14)19)10-11(2)3)21-13-8-6-5-7-12(13)20-15/h4-8,11H,1,9-10,19H2,2-3H3. The molecule has 0 radical (unpaired) electrons. The number of nitrogens with two attached hydrogens (primary N) is 1. The van der Waals surface area contributed by atoms with E-state index in [1.165, 1.54) is 6.08 Å². The van der Waals surface area contributed by atoms with Gasteiger partial charge in [0.15, 0.2) is 5.65 Å². The second kappa shape index (κ2) is 6.31. The number of benzene rings is 1. The Morgan fingerprint density at radius 3 is 2.62 bits per heavy atom. The van der Waals surface area contributed by atoms with Gasteiger partial charge in [-0.3, -0.25) is 0 Å². The Hall–Kier alpha value is -2.89. The number of hydrogen-bond donors (Lipinski definition) is 1. The Bertz CT molecular complexity index is 928. The van der Waals surface area contributed by atoms with Gasteiger partial charge in [-0.25, -0.2) is 14.8 Å². The molecule has 124 valence electrons. The fraction of sp³-hybridized carbons (Fsp3) is 0.278. The summed E-state index contributed by atoms with van der Waals surface area (Å²) in [5.41, 5.74) is 9.08. The van der Waals surface area contributed by atoms with Gasteiger partial charge in [-0.2, -0.15) is 0 Å². The molecular formula is C18H20N4O2. The number of fused-ring (bicyclic) bond motifs is 2.